The minimum atomic E-state index is -1.27. The van der Waals surface area contributed by atoms with Gasteiger partial charge in [0.25, 0.3) is 0 Å². The summed E-state index contributed by atoms with van der Waals surface area (Å²) in [6.07, 6.45) is 4.44. The topological polar surface area (TPSA) is 86.6 Å². The summed E-state index contributed by atoms with van der Waals surface area (Å²) in [5.41, 5.74) is -1.59. The lowest BCUT2D eigenvalue weighted by Crippen LogP contribution is -2.56. The molecule has 3 N–H and O–H groups in total. The number of rotatable bonds is 3. The quantitative estimate of drug-likeness (QED) is 0.708. The van der Waals surface area contributed by atoms with Crippen LogP contribution in [0.15, 0.2) is 23.8 Å². The molecule has 0 aromatic rings. The summed E-state index contributed by atoms with van der Waals surface area (Å²) in [4.78, 5) is 22.7. The molecule has 0 saturated heterocycles. The molecule has 0 saturated carbocycles. The molecule has 0 amide bonds. The lowest BCUT2D eigenvalue weighted by Gasteiger charge is -2.39. The van der Waals surface area contributed by atoms with Crippen molar-refractivity contribution in [3.8, 4) is 0 Å². The summed E-state index contributed by atoms with van der Waals surface area (Å²) < 4.78 is 0. The van der Waals surface area contributed by atoms with Crippen molar-refractivity contribution in [2.75, 3.05) is 0 Å². The van der Waals surface area contributed by atoms with E-state index in [1.165, 1.54) is 25.2 Å². The van der Waals surface area contributed by atoms with Gasteiger partial charge in [0.05, 0.1) is 11.6 Å². The Kier molecular flexibility index (Phi) is 3.67. The second kappa shape index (κ2) is 4.57. The second-order valence-corrected chi connectivity index (χ2v) is 5.70. The number of carboxylic acids is 2. The lowest BCUT2D eigenvalue weighted by atomic mass is 9.74. The van der Waals surface area contributed by atoms with Crippen LogP contribution in [-0.2, 0) is 9.59 Å². The molecular weight excluding hydrogens is 234 g/mol. The lowest BCUT2D eigenvalue weighted by molar-refractivity contribution is -0.146. The molecule has 5 nitrogen and oxygen atoms in total. The van der Waals surface area contributed by atoms with Crippen molar-refractivity contribution in [2.45, 2.75) is 39.3 Å². The predicted molar refractivity (Wildman–Crippen MR) is 67.3 cm³/mol. The minimum absolute atomic E-state index is 0.0670. The van der Waals surface area contributed by atoms with Gasteiger partial charge >= 0.3 is 11.9 Å². The third-order valence-electron chi connectivity index (χ3n) is 2.91. The highest BCUT2D eigenvalue weighted by atomic mass is 16.4. The van der Waals surface area contributed by atoms with Crippen LogP contribution in [0.5, 0.6) is 0 Å². The van der Waals surface area contributed by atoms with Crippen LogP contribution >= 0.6 is 0 Å². The summed E-state index contributed by atoms with van der Waals surface area (Å²) in [5.74, 6) is -2.15. The van der Waals surface area contributed by atoms with Gasteiger partial charge in [-0.1, -0.05) is 18.2 Å². The molecule has 1 aliphatic rings. The molecule has 0 fully saturated rings. The molecular formula is C13H19NO4. The van der Waals surface area contributed by atoms with Gasteiger partial charge in [-0.3, -0.25) is 4.79 Å². The monoisotopic (exact) mass is 253 g/mol. The number of aliphatic carboxylic acids is 2. The third kappa shape index (κ3) is 2.79. The number of hydrogen-bond acceptors (Lipinski definition) is 3. The van der Waals surface area contributed by atoms with Crippen LogP contribution in [0.3, 0.4) is 0 Å². The van der Waals surface area contributed by atoms with E-state index in [1.54, 1.807) is 0 Å². The highest BCUT2D eigenvalue weighted by Gasteiger charge is 2.45. The van der Waals surface area contributed by atoms with Crippen molar-refractivity contribution in [2.24, 2.45) is 5.41 Å². The zero-order valence-electron chi connectivity index (χ0n) is 11.0. The van der Waals surface area contributed by atoms with Crippen molar-refractivity contribution >= 4 is 11.9 Å². The number of allylic oxidation sites excluding steroid dienone is 2. The molecule has 5 heteroatoms. The fraction of sp³-hybridized carbons (Fsp3) is 0.538. The van der Waals surface area contributed by atoms with Gasteiger partial charge in [0.15, 0.2) is 0 Å². The van der Waals surface area contributed by atoms with Crippen molar-refractivity contribution in [3.63, 3.8) is 0 Å². The van der Waals surface area contributed by atoms with Gasteiger partial charge in [-0.2, -0.15) is 0 Å². The summed E-state index contributed by atoms with van der Waals surface area (Å²) in [6.45, 7) is 7.12. The zero-order valence-corrected chi connectivity index (χ0v) is 11.0. The number of carbonyl (C=O) groups is 2. The molecule has 0 aliphatic heterocycles. The Morgan fingerprint density at radius 3 is 2.28 bits per heavy atom. The first-order chi connectivity index (χ1) is 8.08. The van der Waals surface area contributed by atoms with Gasteiger partial charge in [0.2, 0.25) is 0 Å². The van der Waals surface area contributed by atoms with Crippen LogP contribution in [0.2, 0.25) is 0 Å². The first-order valence-corrected chi connectivity index (χ1v) is 5.72. The summed E-state index contributed by atoms with van der Waals surface area (Å²) in [7, 11) is 0. The van der Waals surface area contributed by atoms with E-state index in [2.05, 4.69) is 5.32 Å². The average Bonchev–Trinajstić information content (AvgIpc) is 2.18. The van der Waals surface area contributed by atoms with E-state index in [1.807, 2.05) is 20.8 Å². The zero-order chi connectivity index (χ0) is 14.1. The molecule has 1 rings (SSSR count). The van der Waals surface area contributed by atoms with E-state index < -0.39 is 23.4 Å². The Morgan fingerprint density at radius 2 is 1.89 bits per heavy atom. The van der Waals surface area contributed by atoms with Crippen molar-refractivity contribution in [1.29, 1.82) is 0 Å². The molecule has 2 atom stereocenters. The maximum Gasteiger partial charge on any atom is 0.333 e. The Bertz CT molecular complexity index is 431. The van der Waals surface area contributed by atoms with Gasteiger partial charge in [-0.05, 0) is 27.7 Å². The maximum atomic E-state index is 11.4. The molecule has 1 aliphatic carbocycles. The first-order valence-electron chi connectivity index (χ1n) is 5.72. The van der Waals surface area contributed by atoms with Gasteiger partial charge < -0.3 is 15.5 Å². The van der Waals surface area contributed by atoms with E-state index in [0.717, 1.165) is 0 Å². The molecule has 2 unspecified atom stereocenters. The molecule has 0 spiro atoms. The smallest absolute Gasteiger partial charge is 0.333 e. The van der Waals surface area contributed by atoms with E-state index in [-0.39, 0.29) is 11.1 Å². The van der Waals surface area contributed by atoms with Crippen LogP contribution in [0.25, 0.3) is 0 Å². The summed E-state index contributed by atoms with van der Waals surface area (Å²) in [6, 6.07) is -0.766. The Morgan fingerprint density at radius 1 is 1.33 bits per heavy atom. The second-order valence-electron chi connectivity index (χ2n) is 5.70. The molecule has 100 valence electrons. The standard InChI is InChI=1S/C13H19NO4/c1-12(2,3)14-9-8(10(15)16)6-5-7-13(9,4)11(17)18/h5-7,9,14H,1-4H3,(H,15,16)(H,17,18). The van der Waals surface area contributed by atoms with Crippen LogP contribution in [0.4, 0.5) is 0 Å². The normalized spacial score (nSPS) is 27.8. The van der Waals surface area contributed by atoms with Crippen LogP contribution in [0.1, 0.15) is 27.7 Å². The number of nitrogens with one attached hydrogen (secondary N) is 1. The van der Waals surface area contributed by atoms with Crippen LogP contribution in [-0.4, -0.2) is 33.7 Å². The molecule has 0 aromatic heterocycles. The SMILES string of the molecule is CC(C)(C)NC1C(C(=O)O)=CC=CC1(C)C(=O)O. The van der Waals surface area contributed by atoms with Gasteiger partial charge in [-0.25, -0.2) is 4.79 Å². The Labute approximate surface area is 106 Å². The molecule has 0 radical (unpaired) electrons. The minimum Gasteiger partial charge on any atom is -0.481 e. The summed E-state index contributed by atoms with van der Waals surface area (Å²) >= 11 is 0. The third-order valence-corrected chi connectivity index (χ3v) is 2.91. The van der Waals surface area contributed by atoms with Crippen LogP contribution in [0, 0.1) is 5.41 Å². The van der Waals surface area contributed by atoms with Gasteiger partial charge in [-0.15, -0.1) is 0 Å². The Balaban J connectivity index is 3.23. The number of carboxylic acid groups (broad SMARTS) is 2. The van der Waals surface area contributed by atoms with Crippen LogP contribution < -0.4 is 5.32 Å². The van der Waals surface area contributed by atoms with E-state index >= 15 is 0 Å². The molecule has 0 bridgehead atoms. The van der Waals surface area contributed by atoms with Gasteiger partial charge in [0, 0.05) is 5.54 Å². The number of hydrogen-bond donors (Lipinski definition) is 3. The largest absolute Gasteiger partial charge is 0.481 e. The predicted octanol–water partition coefficient (Wildman–Crippen LogP) is 1.41. The van der Waals surface area contributed by atoms with Crippen molar-refractivity contribution < 1.29 is 19.8 Å². The van der Waals surface area contributed by atoms with E-state index in [0.29, 0.717) is 0 Å². The molecule has 18 heavy (non-hydrogen) atoms. The van der Waals surface area contributed by atoms with E-state index in [9.17, 15) is 19.8 Å². The highest BCUT2D eigenvalue weighted by Crippen LogP contribution is 2.33. The Hall–Kier alpha value is -1.62. The maximum absolute atomic E-state index is 11.4. The van der Waals surface area contributed by atoms with Crippen molar-refractivity contribution in [1.82, 2.24) is 5.32 Å². The average molecular weight is 253 g/mol. The fourth-order valence-electron chi connectivity index (χ4n) is 1.92. The molecule has 0 aromatic carbocycles. The van der Waals surface area contributed by atoms with E-state index in [4.69, 9.17) is 0 Å². The van der Waals surface area contributed by atoms with Crippen molar-refractivity contribution in [3.05, 3.63) is 23.8 Å². The summed E-state index contributed by atoms with van der Waals surface area (Å²) in [5, 5.41) is 21.6. The highest BCUT2D eigenvalue weighted by molar-refractivity contribution is 5.92. The van der Waals surface area contributed by atoms with Gasteiger partial charge in [0.1, 0.15) is 5.41 Å². The fourth-order valence-corrected chi connectivity index (χ4v) is 1.92. The first kappa shape index (κ1) is 14.4. The molecule has 0 heterocycles.